The van der Waals surface area contributed by atoms with Crippen LogP contribution in [0.3, 0.4) is 0 Å². The van der Waals surface area contributed by atoms with Gasteiger partial charge in [-0.3, -0.25) is 4.79 Å². The van der Waals surface area contributed by atoms with Crippen LogP contribution in [0.1, 0.15) is 44.7 Å². The average Bonchev–Trinajstić information content (AvgIpc) is 2.74. The number of rotatable bonds is 3. The molecule has 1 fully saturated rings. The monoisotopic (exact) mass is 324 g/mol. The number of hydrogen-bond acceptors (Lipinski definition) is 3. The highest BCUT2D eigenvalue weighted by molar-refractivity contribution is 5.88. The highest BCUT2D eigenvalue weighted by Gasteiger charge is 2.45. The fourth-order valence-corrected chi connectivity index (χ4v) is 3.31. The standard InChI is InChI=1S/C17H19F3N2O/c1-4-22(14-7-8-15(23)16(14,2)3)12-6-5-11(10-21)13(9-12)17(18,19)20/h5-6,9,14H,4,7-8H2,1-3H3. The summed E-state index contributed by atoms with van der Waals surface area (Å²) >= 11 is 0. The Kier molecular flexibility index (Phi) is 4.43. The minimum Gasteiger partial charge on any atom is -0.368 e. The second kappa shape index (κ2) is 5.88. The lowest BCUT2D eigenvalue weighted by atomic mass is 9.85. The average molecular weight is 324 g/mol. The maximum atomic E-state index is 13.2. The zero-order valence-electron chi connectivity index (χ0n) is 13.4. The Morgan fingerprint density at radius 3 is 2.48 bits per heavy atom. The molecule has 1 aromatic rings. The molecule has 6 heteroatoms. The first-order valence-corrected chi connectivity index (χ1v) is 7.54. The topological polar surface area (TPSA) is 44.1 Å². The number of carbonyl (C=O) groups is 1. The van der Waals surface area contributed by atoms with E-state index >= 15 is 0 Å². The first-order chi connectivity index (χ1) is 10.6. The van der Waals surface area contributed by atoms with Gasteiger partial charge < -0.3 is 4.90 Å². The van der Waals surface area contributed by atoms with Gasteiger partial charge in [0.15, 0.2) is 0 Å². The lowest BCUT2D eigenvalue weighted by Crippen LogP contribution is -2.44. The van der Waals surface area contributed by atoms with E-state index in [1.54, 1.807) is 6.07 Å². The number of anilines is 1. The Hall–Kier alpha value is -2.03. The fraction of sp³-hybridized carbons (Fsp3) is 0.529. The summed E-state index contributed by atoms with van der Waals surface area (Å²) in [5, 5.41) is 8.89. The van der Waals surface area contributed by atoms with Crippen molar-refractivity contribution < 1.29 is 18.0 Å². The number of nitriles is 1. The number of nitrogens with zero attached hydrogens (tertiary/aromatic N) is 2. The number of hydrogen-bond donors (Lipinski definition) is 0. The molecule has 23 heavy (non-hydrogen) atoms. The molecule has 0 heterocycles. The van der Waals surface area contributed by atoms with Gasteiger partial charge in [0.25, 0.3) is 0 Å². The SMILES string of the molecule is CCN(c1ccc(C#N)c(C(F)(F)F)c1)C1CCC(=O)C1(C)C. The van der Waals surface area contributed by atoms with Crippen molar-refractivity contribution in [3.63, 3.8) is 0 Å². The molecule has 1 unspecified atom stereocenters. The second-order valence-electron chi connectivity index (χ2n) is 6.32. The van der Waals surface area contributed by atoms with Crippen LogP contribution in [-0.2, 0) is 11.0 Å². The summed E-state index contributed by atoms with van der Waals surface area (Å²) in [6.07, 6.45) is -3.51. The molecule has 1 atom stereocenters. The van der Waals surface area contributed by atoms with Gasteiger partial charge in [-0.25, -0.2) is 0 Å². The molecule has 0 bridgehead atoms. The van der Waals surface area contributed by atoms with E-state index in [0.29, 0.717) is 25.1 Å². The van der Waals surface area contributed by atoms with Crippen molar-refractivity contribution in [3.8, 4) is 6.07 Å². The van der Waals surface area contributed by atoms with E-state index in [4.69, 9.17) is 5.26 Å². The summed E-state index contributed by atoms with van der Waals surface area (Å²) in [7, 11) is 0. The van der Waals surface area contributed by atoms with Crippen LogP contribution >= 0.6 is 0 Å². The van der Waals surface area contributed by atoms with E-state index in [2.05, 4.69) is 0 Å². The molecule has 0 spiro atoms. The molecule has 0 saturated heterocycles. The number of ketones is 1. The van der Waals surface area contributed by atoms with Gasteiger partial charge in [-0.1, -0.05) is 13.8 Å². The molecule has 0 amide bonds. The van der Waals surface area contributed by atoms with E-state index in [9.17, 15) is 18.0 Å². The Morgan fingerprint density at radius 2 is 2.04 bits per heavy atom. The van der Waals surface area contributed by atoms with Gasteiger partial charge in [-0.05, 0) is 31.5 Å². The normalized spacial score (nSPS) is 20.4. The van der Waals surface area contributed by atoms with E-state index in [-0.39, 0.29) is 17.4 Å². The van der Waals surface area contributed by atoms with E-state index in [1.807, 2.05) is 25.7 Å². The van der Waals surface area contributed by atoms with Gasteiger partial charge in [0, 0.05) is 30.1 Å². The van der Waals surface area contributed by atoms with Crippen molar-refractivity contribution in [2.45, 2.75) is 45.8 Å². The minimum atomic E-state index is -4.58. The van der Waals surface area contributed by atoms with Crippen LogP contribution in [0.25, 0.3) is 0 Å². The Balaban J connectivity index is 2.48. The molecule has 1 aliphatic carbocycles. The minimum absolute atomic E-state index is 0.130. The van der Waals surface area contributed by atoms with Crippen LogP contribution in [0.5, 0.6) is 0 Å². The molecular formula is C17H19F3N2O. The third kappa shape index (κ3) is 3.05. The van der Waals surface area contributed by atoms with E-state index < -0.39 is 17.2 Å². The van der Waals surface area contributed by atoms with Crippen LogP contribution < -0.4 is 4.90 Å². The molecule has 1 aliphatic rings. The van der Waals surface area contributed by atoms with Gasteiger partial charge in [-0.15, -0.1) is 0 Å². The van der Waals surface area contributed by atoms with Gasteiger partial charge in [-0.2, -0.15) is 18.4 Å². The maximum absolute atomic E-state index is 13.2. The largest absolute Gasteiger partial charge is 0.417 e. The van der Waals surface area contributed by atoms with Gasteiger partial charge >= 0.3 is 6.18 Å². The molecule has 0 N–H and O–H groups in total. The molecule has 1 aromatic carbocycles. The molecule has 1 saturated carbocycles. The third-order valence-electron chi connectivity index (χ3n) is 4.67. The number of alkyl halides is 3. The van der Waals surface area contributed by atoms with Gasteiger partial charge in [0.2, 0.25) is 0 Å². The molecule has 0 aliphatic heterocycles. The summed E-state index contributed by atoms with van der Waals surface area (Å²) < 4.78 is 39.5. The highest BCUT2D eigenvalue weighted by Crippen LogP contribution is 2.41. The predicted molar refractivity (Wildman–Crippen MR) is 81.0 cm³/mol. The van der Waals surface area contributed by atoms with Crippen molar-refractivity contribution >= 4 is 11.5 Å². The number of halogens is 3. The third-order valence-corrected chi connectivity index (χ3v) is 4.67. The molecular weight excluding hydrogens is 305 g/mol. The van der Waals surface area contributed by atoms with Crippen LogP contribution in [-0.4, -0.2) is 18.4 Å². The lowest BCUT2D eigenvalue weighted by molar-refractivity contribution is -0.137. The van der Waals surface area contributed by atoms with Crippen molar-refractivity contribution in [3.05, 3.63) is 29.3 Å². The first kappa shape index (κ1) is 17.3. The molecule has 3 nitrogen and oxygen atoms in total. The number of benzene rings is 1. The molecule has 0 radical (unpaired) electrons. The maximum Gasteiger partial charge on any atom is 0.417 e. The van der Waals surface area contributed by atoms with Crippen molar-refractivity contribution in [1.82, 2.24) is 0 Å². The number of carbonyl (C=O) groups excluding carboxylic acids is 1. The van der Waals surface area contributed by atoms with Gasteiger partial charge in [0.05, 0.1) is 17.2 Å². The predicted octanol–water partition coefficient (Wildman–Crippen LogP) is 4.16. The zero-order chi connectivity index (χ0) is 17.4. The summed E-state index contributed by atoms with van der Waals surface area (Å²) in [6, 6.07) is 5.18. The molecule has 124 valence electrons. The van der Waals surface area contributed by atoms with Crippen molar-refractivity contribution in [2.75, 3.05) is 11.4 Å². The Morgan fingerprint density at radius 1 is 1.39 bits per heavy atom. The van der Waals surface area contributed by atoms with Crippen LogP contribution in [0.2, 0.25) is 0 Å². The van der Waals surface area contributed by atoms with Crippen LogP contribution in [0.15, 0.2) is 18.2 Å². The first-order valence-electron chi connectivity index (χ1n) is 7.54. The van der Waals surface area contributed by atoms with Crippen LogP contribution in [0, 0.1) is 16.7 Å². The number of Topliss-reactive ketones (excluding diaryl/α,β-unsaturated/α-hetero) is 1. The smallest absolute Gasteiger partial charge is 0.368 e. The van der Waals surface area contributed by atoms with Crippen molar-refractivity contribution in [1.29, 1.82) is 5.26 Å². The lowest BCUT2D eigenvalue weighted by Gasteiger charge is -2.38. The quantitative estimate of drug-likeness (QED) is 0.838. The van der Waals surface area contributed by atoms with Crippen LogP contribution in [0.4, 0.5) is 18.9 Å². The van der Waals surface area contributed by atoms with E-state index in [1.165, 1.54) is 12.1 Å². The zero-order valence-corrected chi connectivity index (χ0v) is 13.4. The van der Waals surface area contributed by atoms with E-state index in [0.717, 1.165) is 6.07 Å². The summed E-state index contributed by atoms with van der Waals surface area (Å²) in [4.78, 5) is 13.9. The highest BCUT2D eigenvalue weighted by atomic mass is 19.4. The summed E-state index contributed by atoms with van der Waals surface area (Å²) in [6.45, 7) is 6.02. The Labute approximate surface area is 133 Å². The molecule has 2 rings (SSSR count). The summed E-state index contributed by atoms with van der Waals surface area (Å²) in [5.41, 5.74) is -1.52. The van der Waals surface area contributed by atoms with Gasteiger partial charge in [0.1, 0.15) is 5.78 Å². The Bertz CT molecular complexity index is 659. The molecule has 0 aromatic heterocycles. The second-order valence-corrected chi connectivity index (χ2v) is 6.32. The summed E-state index contributed by atoms with van der Waals surface area (Å²) in [5.74, 6) is 0.130. The fourth-order valence-electron chi connectivity index (χ4n) is 3.31. The van der Waals surface area contributed by atoms with Crippen molar-refractivity contribution in [2.24, 2.45) is 5.41 Å².